The number of carbonyl (C=O) groups excluding carboxylic acids is 2. The van der Waals surface area contributed by atoms with Gasteiger partial charge in [-0.15, -0.1) is 0 Å². The van der Waals surface area contributed by atoms with Crippen LogP contribution in [0.1, 0.15) is 46.0 Å². The van der Waals surface area contributed by atoms with E-state index in [0.29, 0.717) is 23.8 Å². The van der Waals surface area contributed by atoms with Gasteiger partial charge in [-0.25, -0.2) is 0 Å². The average Bonchev–Trinajstić information content (AvgIpc) is 2.69. The molecule has 152 valence electrons. The zero-order chi connectivity index (χ0) is 20.5. The van der Waals surface area contributed by atoms with Gasteiger partial charge in [0.2, 0.25) is 11.8 Å². The largest absolute Gasteiger partial charge is 0.491 e. The summed E-state index contributed by atoms with van der Waals surface area (Å²) in [5.74, 6) is 0.103. The maximum Gasteiger partial charge on any atom is 0.240 e. The Bertz CT molecular complexity index is 813. The number of fused-ring (bicyclic) bond motifs is 1. The lowest BCUT2D eigenvalue weighted by Crippen LogP contribution is -2.48. The number of benzene rings is 1. The number of halogens is 1. The Kier molecular flexibility index (Phi) is 8.51. The van der Waals surface area contributed by atoms with Crippen molar-refractivity contribution in [3.63, 3.8) is 0 Å². The van der Waals surface area contributed by atoms with Crippen LogP contribution in [-0.2, 0) is 9.59 Å². The highest BCUT2D eigenvalue weighted by Crippen LogP contribution is 2.29. The Morgan fingerprint density at radius 1 is 1.25 bits per heavy atom. The van der Waals surface area contributed by atoms with Gasteiger partial charge < -0.3 is 15.8 Å². The number of carbonyl (C=O) groups is 2. The van der Waals surface area contributed by atoms with Crippen molar-refractivity contribution >= 4 is 34.3 Å². The molecule has 1 heterocycles. The highest BCUT2D eigenvalue weighted by atomic mass is 35.5. The lowest BCUT2D eigenvalue weighted by molar-refractivity contribution is -0.128. The monoisotopic (exact) mass is 405 g/mol. The van der Waals surface area contributed by atoms with Crippen molar-refractivity contribution in [2.24, 2.45) is 11.7 Å². The quantitative estimate of drug-likeness (QED) is 0.555. The predicted molar refractivity (Wildman–Crippen MR) is 111 cm³/mol. The van der Waals surface area contributed by atoms with Crippen LogP contribution in [0.25, 0.3) is 10.9 Å². The fraction of sp³-hybridized carbons (Fsp3) is 0.476. The Balaban J connectivity index is 1.72. The van der Waals surface area contributed by atoms with Gasteiger partial charge in [0.05, 0.1) is 11.6 Å². The molecule has 0 aliphatic heterocycles. The number of pyridine rings is 1. The van der Waals surface area contributed by atoms with Crippen LogP contribution in [0, 0.1) is 5.92 Å². The number of aromatic nitrogens is 1. The molecule has 2 amide bonds. The molecule has 0 saturated heterocycles. The summed E-state index contributed by atoms with van der Waals surface area (Å²) in [5, 5.41) is 4.25. The fourth-order valence-corrected chi connectivity index (χ4v) is 3.17. The van der Waals surface area contributed by atoms with Crippen LogP contribution >= 0.6 is 11.6 Å². The van der Waals surface area contributed by atoms with E-state index in [1.165, 1.54) is 0 Å². The van der Waals surface area contributed by atoms with E-state index >= 15 is 0 Å². The van der Waals surface area contributed by atoms with E-state index in [0.717, 1.165) is 36.6 Å². The molecule has 0 aliphatic rings. The smallest absolute Gasteiger partial charge is 0.240 e. The summed E-state index contributed by atoms with van der Waals surface area (Å²) >= 11 is 6.18. The summed E-state index contributed by atoms with van der Waals surface area (Å²) in [6.45, 7) is 4.40. The second kappa shape index (κ2) is 10.9. The highest BCUT2D eigenvalue weighted by Gasteiger charge is 2.23. The summed E-state index contributed by atoms with van der Waals surface area (Å²) < 4.78 is 5.84. The molecule has 1 aromatic heterocycles. The lowest BCUT2D eigenvalue weighted by Gasteiger charge is -2.21. The molecular weight excluding hydrogens is 378 g/mol. The van der Waals surface area contributed by atoms with Crippen LogP contribution in [0.3, 0.4) is 0 Å². The molecule has 0 spiro atoms. The van der Waals surface area contributed by atoms with E-state index in [2.05, 4.69) is 10.3 Å². The van der Waals surface area contributed by atoms with Crippen molar-refractivity contribution in [1.29, 1.82) is 0 Å². The third-order valence-electron chi connectivity index (χ3n) is 4.82. The number of rotatable bonds is 11. The first-order valence-corrected chi connectivity index (χ1v) is 10.1. The Morgan fingerprint density at radius 3 is 2.75 bits per heavy atom. The number of ether oxygens (including phenoxy) is 1. The van der Waals surface area contributed by atoms with Crippen molar-refractivity contribution in [2.75, 3.05) is 6.61 Å². The standard InChI is InChI=1S/C21H28ClN3O3/c1-3-14(2)19(21(23)27)25-18(26)9-5-4-6-13-28-17-11-10-16(22)15-8-7-12-24-20(15)17/h7-8,10-12,14,19H,3-6,9,13H2,1-2H3,(H2,23,27)(H,25,26). The van der Waals surface area contributed by atoms with Crippen molar-refractivity contribution in [2.45, 2.75) is 52.0 Å². The summed E-state index contributed by atoms with van der Waals surface area (Å²) in [6.07, 6.45) is 5.24. The van der Waals surface area contributed by atoms with Crippen molar-refractivity contribution in [3.05, 3.63) is 35.5 Å². The van der Waals surface area contributed by atoms with Crippen LogP contribution in [0.5, 0.6) is 5.75 Å². The van der Waals surface area contributed by atoms with Gasteiger partial charge in [0.25, 0.3) is 0 Å². The Morgan fingerprint density at radius 2 is 2.04 bits per heavy atom. The van der Waals surface area contributed by atoms with Crippen LogP contribution in [0.15, 0.2) is 30.5 Å². The molecule has 7 heteroatoms. The van der Waals surface area contributed by atoms with E-state index in [-0.39, 0.29) is 11.8 Å². The van der Waals surface area contributed by atoms with E-state index in [9.17, 15) is 9.59 Å². The molecule has 3 N–H and O–H groups in total. The van der Waals surface area contributed by atoms with Crippen molar-refractivity contribution in [1.82, 2.24) is 10.3 Å². The van der Waals surface area contributed by atoms with Gasteiger partial charge in [0.1, 0.15) is 17.3 Å². The number of unbranched alkanes of at least 4 members (excludes halogenated alkanes) is 2. The van der Waals surface area contributed by atoms with Gasteiger partial charge in [-0.05, 0) is 49.4 Å². The van der Waals surface area contributed by atoms with E-state index < -0.39 is 11.9 Å². The first kappa shape index (κ1) is 22.0. The SMILES string of the molecule is CCC(C)C(NC(=O)CCCCCOc1ccc(Cl)c2cccnc12)C(N)=O. The Hall–Kier alpha value is -2.34. The minimum atomic E-state index is -0.605. The molecule has 6 nitrogen and oxygen atoms in total. The number of amides is 2. The maximum atomic E-state index is 12.0. The third kappa shape index (κ3) is 6.09. The van der Waals surface area contributed by atoms with Gasteiger partial charge in [-0.3, -0.25) is 14.6 Å². The first-order chi connectivity index (χ1) is 13.4. The molecule has 2 aromatic rings. The zero-order valence-corrected chi connectivity index (χ0v) is 17.2. The summed E-state index contributed by atoms with van der Waals surface area (Å²) in [5.41, 5.74) is 6.12. The molecule has 2 rings (SSSR count). The van der Waals surface area contributed by atoms with Crippen molar-refractivity contribution in [3.8, 4) is 5.75 Å². The number of nitrogens with zero attached hydrogens (tertiary/aromatic N) is 1. The summed E-state index contributed by atoms with van der Waals surface area (Å²) in [4.78, 5) is 27.9. The molecule has 1 aromatic carbocycles. The third-order valence-corrected chi connectivity index (χ3v) is 5.15. The lowest BCUT2D eigenvalue weighted by atomic mass is 9.98. The topological polar surface area (TPSA) is 94.3 Å². The van der Waals surface area contributed by atoms with Gasteiger partial charge in [-0.1, -0.05) is 31.9 Å². The van der Waals surface area contributed by atoms with Gasteiger partial charge in [0, 0.05) is 18.0 Å². The van der Waals surface area contributed by atoms with Gasteiger partial charge in [0.15, 0.2) is 0 Å². The normalized spacial score (nSPS) is 13.1. The second-order valence-electron chi connectivity index (χ2n) is 6.94. The number of primary amides is 1. The number of nitrogens with two attached hydrogens (primary N) is 1. The van der Waals surface area contributed by atoms with Gasteiger partial charge in [-0.2, -0.15) is 0 Å². The minimum absolute atomic E-state index is 0.0256. The summed E-state index contributed by atoms with van der Waals surface area (Å²) in [7, 11) is 0. The highest BCUT2D eigenvalue weighted by molar-refractivity contribution is 6.35. The molecule has 28 heavy (non-hydrogen) atoms. The average molecular weight is 406 g/mol. The molecule has 2 unspecified atom stereocenters. The zero-order valence-electron chi connectivity index (χ0n) is 16.4. The van der Waals surface area contributed by atoms with Crippen molar-refractivity contribution < 1.29 is 14.3 Å². The Labute approximate surface area is 170 Å². The van der Waals surface area contributed by atoms with Crippen LogP contribution in [0.4, 0.5) is 0 Å². The fourth-order valence-electron chi connectivity index (χ4n) is 2.95. The summed E-state index contributed by atoms with van der Waals surface area (Å²) in [6, 6.07) is 6.77. The van der Waals surface area contributed by atoms with E-state index in [4.69, 9.17) is 22.1 Å². The second-order valence-corrected chi connectivity index (χ2v) is 7.34. The van der Waals surface area contributed by atoms with Crippen LogP contribution < -0.4 is 15.8 Å². The number of hydrogen-bond donors (Lipinski definition) is 2. The van der Waals surface area contributed by atoms with Crippen LogP contribution in [-0.4, -0.2) is 29.4 Å². The molecule has 0 saturated carbocycles. The minimum Gasteiger partial charge on any atom is -0.491 e. The molecule has 0 aliphatic carbocycles. The number of hydrogen-bond acceptors (Lipinski definition) is 4. The maximum absolute atomic E-state index is 12.0. The predicted octanol–water partition coefficient (Wildman–Crippen LogP) is 3.84. The van der Waals surface area contributed by atoms with E-state index in [1.807, 2.05) is 32.0 Å². The molecule has 0 fully saturated rings. The van der Waals surface area contributed by atoms with Crippen LogP contribution in [0.2, 0.25) is 5.02 Å². The molecular formula is C21H28ClN3O3. The van der Waals surface area contributed by atoms with E-state index in [1.54, 1.807) is 12.3 Å². The van der Waals surface area contributed by atoms with Gasteiger partial charge >= 0.3 is 0 Å². The molecule has 2 atom stereocenters. The first-order valence-electron chi connectivity index (χ1n) is 9.68. The molecule has 0 bridgehead atoms. The molecule has 0 radical (unpaired) electrons. The number of nitrogens with one attached hydrogen (secondary N) is 1.